The predicted octanol–water partition coefficient (Wildman–Crippen LogP) is 1.10. The first-order valence-electron chi connectivity index (χ1n) is 5.28. The molecule has 0 spiro atoms. The van der Waals surface area contributed by atoms with Crippen LogP contribution in [0.3, 0.4) is 0 Å². The molecule has 1 aromatic heterocycles. The van der Waals surface area contributed by atoms with Crippen molar-refractivity contribution >= 4 is 0 Å². The Morgan fingerprint density at radius 1 is 1.60 bits per heavy atom. The summed E-state index contributed by atoms with van der Waals surface area (Å²) in [4.78, 5) is 4.15. The summed E-state index contributed by atoms with van der Waals surface area (Å²) >= 11 is 0. The van der Waals surface area contributed by atoms with Crippen molar-refractivity contribution < 1.29 is 9.47 Å². The molecular weight excluding hydrogens is 192 g/mol. The summed E-state index contributed by atoms with van der Waals surface area (Å²) in [7, 11) is 0. The maximum atomic E-state index is 5.64. The van der Waals surface area contributed by atoms with Crippen molar-refractivity contribution in [2.45, 2.75) is 25.5 Å². The summed E-state index contributed by atoms with van der Waals surface area (Å²) < 4.78 is 11.1. The van der Waals surface area contributed by atoms with E-state index in [1.54, 1.807) is 6.20 Å². The molecule has 0 aliphatic carbocycles. The molecule has 1 saturated heterocycles. The van der Waals surface area contributed by atoms with Crippen LogP contribution in [0.25, 0.3) is 0 Å². The highest BCUT2D eigenvalue weighted by molar-refractivity contribution is 5.26. The van der Waals surface area contributed by atoms with Crippen molar-refractivity contribution in [2.24, 2.45) is 5.73 Å². The molecule has 2 N–H and O–H groups in total. The largest absolute Gasteiger partial charge is 0.489 e. The summed E-state index contributed by atoms with van der Waals surface area (Å²) in [6.45, 7) is 1.85. The molecule has 4 heteroatoms. The molecule has 82 valence electrons. The van der Waals surface area contributed by atoms with Gasteiger partial charge in [-0.15, -0.1) is 0 Å². The number of pyridine rings is 1. The van der Waals surface area contributed by atoms with Gasteiger partial charge in [-0.3, -0.25) is 4.98 Å². The number of nitrogens with two attached hydrogens (primary N) is 1. The lowest BCUT2D eigenvalue weighted by atomic mass is 10.2. The lowest BCUT2D eigenvalue weighted by Gasteiger charge is -2.13. The first-order chi connectivity index (χ1) is 7.40. The smallest absolute Gasteiger partial charge is 0.142 e. The Hall–Kier alpha value is -1.13. The van der Waals surface area contributed by atoms with Gasteiger partial charge in [-0.05, 0) is 25.0 Å². The molecule has 0 radical (unpaired) electrons. The number of nitrogens with zero attached hydrogens (tertiary/aromatic N) is 1. The molecule has 0 aromatic carbocycles. The average molecular weight is 208 g/mol. The second-order valence-corrected chi connectivity index (χ2v) is 3.60. The van der Waals surface area contributed by atoms with E-state index in [9.17, 15) is 0 Å². The van der Waals surface area contributed by atoms with Gasteiger partial charge in [0, 0.05) is 19.3 Å². The van der Waals surface area contributed by atoms with Gasteiger partial charge < -0.3 is 15.2 Å². The molecule has 1 aliphatic heterocycles. The third-order valence-corrected chi connectivity index (χ3v) is 2.49. The standard InChI is InChI=1S/C11H16N2O2/c12-7-10-11(4-1-5-13-10)15-8-9-3-2-6-14-9/h1,4-5,9H,2-3,6-8,12H2. The predicted molar refractivity (Wildman–Crippen MR) is 56.6 cm³/mol. The molecule has 0 saturated carbocycles. The van der Waals surface area contributed by atoms with Gasteiger partial charge in [0.2, 0.25) is 0 Å². The fourth-order valence-electron chi connectivity index (χ4n) is 1.67. The molecule has 15 heavy (non-hydrogen) atoms. The highest BCUT2D eigenvalue weighted by Gasteiger charge is 2.16. The van der Waals surface area contributed by atoms with Crippen LogP contribution in [-0.2, 0) is 11.3 Å². The topological polar surface area (TPSA) is 57.4 Å². The van der Waals surface area contributed by atoms with Gasteiger partial charge in [-0.2, -0.15) is 0 Å². The lowest BCUT2D eigenvalue weighted by Crippen LogP contribution is -2.17. The van der Waals surface area contributed by atoms with Crippen LogP contribution in [-0.4, -0.2) is 24.3 Å². The van der Waals surface area contributed by atoms with Crippen LogP contribution < -0.4 is 10.5 Å². The van der Waals surface area contributed by atoms with Gasteiger partial charge >= 0.3 is 0 Å². The van der Waals surface area contributed by atoms with Crippen molar-refractivity contribution in [3.63, 3.8) is 0 Å². The average Bonchev–Trinajstić information content (AvgIpc) is 2.79. The Bertz CT molecular complexity index is 311. The lowest BCUT2D eigenvalue weighted by molar-refractivity contribution is 0.0674. The summed E-state index contributed by atoms with van der Waals surface area (Å²) in [5.41, 5.74) is 6.36. The fourth-order valence-corrected chi connectivity index (χ4v) is 1.67. The highest BCUT2D eigenvalue weighted by Crippen LogP contribution is 2.17. The van der Waals surface area contributed by atoms with Crippen LogP contribution in [0.15, 0.2) is 18.3 Å². The van der Waals surface area contributed by atoms with E-state index < -0.39 is 0 Å². The minimum atomic E-state index is 0.232. The normalized spacial score (nSPS) is 20.5. The Balaban J connectivity index is 1.91. The molecule has 2 heterocycles. The van der Waals surface area contributed by atoms with Crippen LogP contribution in [0.5, 0.6) is 5.75 Å². The maximum absolute atomic E-state index is 5.64. The van der Waals surface area contributed by atoms with Crippen LogP contribution >= 0.6 is 0 Å². The van der Waals surface area contributed by atoms with Crippen LogP contribution in [0, 0.1) is 0 Å². The van der Waals surface area contributed by atoms with E-state index in [-0.39, 0.29) is 6.10 Å². The van der Waals surface area contributed by atoms with Gasteiger partial charge in [0.1, 0.15) is 12.4 Å². The minimum absolute atomic E-state index is 0.232. The first kappa shape index (κ1) is 10.4. The molecule has 0 amide bonds. The first-order valence-corrected chi connectivity index (χ1v) is 5.28. The number of ether oxygens (including phenoxy) is 2. The van der Waals surface area contributed by atoms with Crippen molar-refractivity contribution in [3.05, 3.63) is 24.0 Å². The number of rotatable bonds is 4. The van der Waals surface area contributed by atoms with Gasteiger partial charge in [-0.1, -0.05) is 0 Å². The molecule has 4 nitrogen and oxygen atoms in total. The monoisotopic (exact) mass is 208 g/mol. The van der Waals surface area contributed by atoms with E-state index in [2.05, 4.69) is 4.98 Å². The molecule has 1 aromatic rings. The van der Waals surface area contributed by atoms with Crippen LogP contribution in [0.1, 0.15) is 18.5 Å². The van der Waals surface area contributed by atoms with Crippen molar-refractivity contribution in [1.29, 1.82) is 0 Å². The quantitative estimate of drug-likeness (QED) is 0.805. The summed E-state index contributed by atoms with van der Waals surface area (Å²) in [5.74, 6) is 0.774. The highest BCUT2D eigenvalue weighted by atomic mass is 16.5. The van der Waals surface area contributed by atoms with E-state index >= 15 is 0 Å². The van der Waals surface area contributed by atoms with E-state index in [4.69, 9.17) is 15.2 Å². The zero-order valence-corrected chi connectivity index (χ0v) is 8.69. The molecule has 2 rings (SSSR count). The number of hydrogen-bond acceptors (Lipinski definition) is 4. The second kappa shape index (κ2) is 5.09. The van der Waals surface area contributed by atoms with Gasteiger partial charge in [0.25, 0.3) is 0 Å². The van der Waals surface area contributed by atoms with Crippen molar-refractivity contribution in [1.82, 2.24) is 4.98 Å². The maximum Gasteiger partial charge on any atom is 0.142 e. The molecule has 1 aliphatic rings. The van der Waals surface area contributed by atoms with E-state index in [1.807, 2.05) is 12.1 Å². The van der Waals surface area contributed by atoms with E-state index in [0.717, 1.165) is 30.9 Å². The zero-order chi connectivity index (χ0) is 10.5. The number of aromatic nitrogens is 1. The Morgan fingerprint density at radius 3 is 3.27 bits per heavy atom. The number of hydrogen-bond donors (Lipinski definition) is 1. The summed E-state index contributed by atoms with van der Waals surface area (Å²) in [6.07, 6.45) is 4.17. The van der Waals surface area contributed by atoms with E-state index in [1.165, 1.54) is 0 Å². The molecular formula is C11H16N2O2. The van der Waals surface area contributed by atoms with E-state index in [0.29, 0.717) is 13.2 Å². The van der Waals surface area contributed by atoms with Crippen molar-refractivity contribution in [2.75, 3.05) is 13.2 Å². The molecule has 1 unspecified atom stereocenters. The Kier molecular flexibility index (Phi) is 3.53. The zero-order valence-electron chi connectivity index (χ0n) is 8.69. The third-order valence-electron chi connectivity index (χ3n) is 2.49. The summed E-state index contributed by atoms with van der Waals surface area (Å²) in [5, 5.41) is 0. The Morgan fingerprint density at radius 2 is 2.53 bits per heavy atom. The van der Waals surface area contributed by atoms with Crippen LogP contribution in [0.4, 0.5) is 0 Å². The van der Waals surface area contributed by atoms with Gasteiger partial charge in [0.15, 0.2) is 0 Å². The van der Waals surface area contributed by atoms with Gasteiger partial charge in [0.05, 0.1) is 11.8 Å². The molecule has 1 fully saturated rings. The summed E-state index contributed by atoms with van der Waals surface area (Å²) in [6, 6.07) is 3.74. The molecule has 0 bridgehead atoms. The Labute approximate surface area is 89.4 Å². The molecule has 1 atom stereocenters. The third kappa shape index (κ3) is 2.67. The second-order valence-electron chi connectivity index (χ2n) is 3.60. The van der Waals surface area contributed by atoms with Gasteiger partial charge in [-0.25, -0.2) is 0 Å². The minimum Gasteiger partial charge on any atom is -0.489 e. The van der Waals surface area contributed by atoms with Crippen molar-refractivity contribution in [3.8, 4) is 5.75 Å². The SMILES string of the molecule is NCc1ncccc1OCC1CCCO1. The van der Waals surface area contributed by atoms with Crippen LogP contribution in [0.2, 0.25) is 0 Å². The fraction of sp³-hybridized carbons (Fsp3) is 0.545.